The number of amides is 1. The second-order valence-electron chi connectivity index (χ2n) is 11.1. The summed E-state index contributed by atoms with van der Waals surface area (Å²) in [5.74, 6) is -1.31. The third kappa shape index (κ3) is 8.08. The molecule has 0 aromatic heterocycles. The van der Waals surface area contributed by atoms with Crippen LogP contribution in [0.25, 0.3) is 11.1 Å². The zero-order chi connectivity index (χ0) is 29.8. The molecule has 0 saturated carbocycles. The monoisotopic (exact) mass is 557 g/mol. The number of halogens is 3. The number of aliphatic hydroxyl groups excluding tert-OH is 1. The lowest BCUT2D eigenvalue weighted by molar-refractivity contribution is -0.146. The van der Waals surface area contributed by atoms with Crippen LogP contribution in [-0.4, -0.2) is 34.7 Å². The van der Waals surface area contributed by atoms with Gasteiger partial charge in [0.1, 0.15) is 11.9 Å². The van der Waals surface area contributed by atoms with Crippen molar-refractivity contribution in [1.29, 1.82) is 0 Å². The van der Waals surface area contributed by atoms with Crippen LogP contribution in [0, 0.1) is 19.3 Å². The predicted molar refractivity (Wildman–Crippen MR) is 146 cm³/mol. The second kappa shape index (κ2) is 12.1. The topological polar surface area (TPSA) is 95.9 Å². The number of carboxylic acid groups (broad SMARTS) is 1. The molecule has 1 amide bonds. The average Bonchev–Trinajstić information content (AvgIpc) is 2.85. The summed E-state index contributed by atoms with van der Waals surface area (Å²) in [7, 11) is 0. The fourth-order valence-corrected chi connectivity index (χ4v) is 4.45. The Morgan fingerprint density at radius 2 is 1.48 bits per heavy atom. The maximum atomic E-state index is 13.0. The Bertz CT molecular complexity index is 1320. The fraction of sp³-hybridized carbons (Fsp3) is 0.355. The van der Waals surface area contributed by atoms with Crippen molar-refractivity contribution < 1.29 is 37.7 Å². The van der Waals surface area contributed by atoms with E-state index in [1.54, 1.807) is 24.3 Å². The third-order valence-electron chi connectivity index (χ3n) is 6.37. The van der Waals surface area contributed by atoms with E-state index in [9.17, 15) is 27.9 Å². The number of benzene rings is 3. The zero-order valence-electron chi connectivity index (χ0n) is 23.1. The molecule has 0 saturated heterocycles. The molecule has 1 unspecified atom stereocenters. The number of alkyl halides is 3. The highest BCUT2D eigenvalue weighted by Crippen LogP contribution is 2.37. The summed E-state index contributed by atoms with van der Waals surface area (Å²) >= 11 is 0. The van der Waals surface area contributed by atoms with Crippen molar-refractivity contribution in [3.63, 3.8) is 0 Å². The SMILES string of the molecule is Cc1cc(OC(CC(C)(C)C)c2ccc(C(=O)NC[C@H](O)C(=O)O)cc2)cc(C)c1-c1ccc(C(F)(F)F)cc1. The molecule has 0 bridgehead atoms. The van der Waals surface area contributed by atoms with Crippen molar-refractivity contribution in [2.45, 2.75) is 59.4 Å². The van der Waals surface area contributed by atoms with Crippen LogP contribution in [0.1, 0.15) is 65.9 Å². The number of hydrogen-bond donors (Lipinski definition) is 3. The van der Waals surface area contributed by atoms with Crippen molar-refractivity contribution in [3.05, 3.63) is 88.5 Å². The number of aryl methyl sites for hydroxylation is 2. The summed E-state index contributed by atoms with van der Waals surface area (Å²) in [4.78, 5) is 23.1. The van der Waals surface area contributed by atoms with Crippen molar-refractivity contribution in [2.24, 2.45) is 5.41 Å². The minimum Gasteiger partial charge on any atom is -0.486 e. The molecule has 214 valence electrons. The van der Waals surface area contributed by atoms with Gasteiger partial charge in [-0.25, -0.2) is 4.79 Å². The number of aliphatic hydroxyl groups is 1. The maximum Gasteiger partial charge on any atom is 0.416 e. The summed E-state index contributed by atoms with van der Waals surface area (Å²) in [6.07, 6.45) is -5.79. The van der Waals surface area contributed by atoms with Gasteiger partial charge < -0.3 is 20.3 Å². The minimum atomic E-state index is -4.40. The Morgan fingerprint density at radius 3 is 1.95 bits per heavy atom. The van der Waals surface area contributed by atoms with E-state index in [0.29, 0.717) is 23.3 Å². The zero-order valence-corrected chi connectivity index (χ0v) is 23.1. The van der Waals surface area contributed by atoms with Gasteiger partial charge in [-0.1, -0.05) is 45.0 Å². The van der Waals surface area contributed by atoms with Crippen molar-refractivity contribution in [2.75, 3.05) is 6.54 Å². The molecule has 2 atom stereocenters. The van der Waals surface area contributed by atoms with Gasteiger partial charge >= 0.3 is 12.1 Å². The van der Waals surface area contributed by atoms with Crippen molar-refractivity contribution in [3.8, 4) is 16.9 Å². The summed E-state index contributed by atoms with van der Waals surface area (Å²) in [5.41, 5.74) is 3.60. The Kier molecular flexibility index (Phi) is 9.30. The van der Waals surface area contributed by atoms with E-state index in [1.807, 2.05) is 26.0 Å². The number of rotatable bonds is 9. The number of aliphatic carboxylic acids is 1. The number of nitrogens with one attached hydrogen (secondary N) is 1. The lowest BCUT2D eigenvalue weighted by Crippen LogP contribution is -2.36. The molecule has 0 heterocycles. The molecule has 3 N–H and O–H groups in total. The van der Waals surface area contributed by atoms with Gasteiger partial charge in [0.2, 0.25) is 0 Å². The average molecular weight is 558 g/mol. The van der Waals surface area contributed by atoms with E-state index < -0.39 is 36.3 Å². The fourth-order valence-electron chi connectivity index (χ4n) is 4.45. The lowest BCUT2D eigenvalue weighted by atomic mass is 9.86. The van der Waals surface area contributed by atoms with Gasteiger partial charge in [0.15, 0.2) is 6.10 Å². The molecule has 0 aliphatic carbocycles. The van der Waals surface area contributed by atoms with Crippen LogP contribution >= 0.6 is 0 Å². The normalized spacial score (nSPS) is 13.4. The number of carboxylic acids is 1. The van der Waals surface area contributed by atoms with Crippen molar-refractivity contribution in [1.82, 2.24) is 5.32 Å². The largest absolute Gasteiger partial charge is 0.486 e. The van der Waals surface area contributed by atoms with Crippen LogP contribution < -0.4 is 10.1 Å². The van der Waals surface area contributed by atoms with Crippen LogP contribution in [0.2, 0.25) is 0 Å². The van der Waals surface area contributed by atoms with Gasteiger partial charge in [-0.15, -0.1) is 0 Å². The Labute approximate surface area is 231 Å². The minimum absolute atomic E-state index is 0.0993. The maximum absolute atomic E-state index is 13.0. The van der Waals surface area contributed by atoms with Gasteiger partial charge in [0.05, 0.1) is 12.1 Å². The molecule has 0 spiro atoms. The highest BCUT2D eigenvalue weighted by molar-refractivity contribution is 5.94. The number of hydrogen-bond acceptors (Lipinski definition) is 4. The van der Waals surface area contributed by atoms with Crippen LogP contribution in [0.3, 0.4) is 0 Å². The number of carbonyl (C=O) groups is 2. The molecule has 3 rings (SSSR count). The molecular weight excluding hydrogens is 523 g/mol. The van der Waals surface area contributed by atoms with Crippen LogP contribution in [0.15, 0.2) is 60.7 Å². The molecule has 0 radical (unpaired) electrons. The quantitative estimate of drug-likeness (QED) is 0.271. The summed E-state index contributed by atoms with van der Waals surface area (Å²) in [6, 6.07) is 15.6. The third-order valence-corrected chi connectivity index (χ3v) is 6.37. The van der Waals surface area contributed by atoms with Gasteiger partial charge in [-0.2, -0.15) is 13.2 Å². The molecule has 40 heavy (non-hydrogen) atoms. The summed E-state index contributed by atoms with van der Waals surface area (Å²) in [5, 5.41) is 20.5. The lowest BCUT2D eigenvalue weighted by Gasteiger charge is -2.28. The van der Waals surface area contributed by atoms with Crippen molar-refractivity contribution >= 4 is 11.9 Å². The van der Waals surface area contributed by atoms with E-state index >= 15 is 0 Å². The van der Waals surface area contributed by atoms with Gasteiger partial charge in [0.25, 0.3) is 5.91 Å². The molecule has 3 aromatic rings. The molecule has 3 aromatic carbocycles. The van der Waals surface area contributed by atoms with E-state index in [0.717, 1.165) is 34.4 Å². The summed E-state index contributed by atoms with van der Waals surface area (Å²) in [6.45, 7) is 9.63. The second-order valence-corrected chi connectivity index (χ2v) is 11.1. The standard InChI is InChI=1S/C31H34F3NO5/c1-18-14-24(15-19(2)27(18)21-10-12-23(13-11-21)31(32,33)34)40-26(16-30(3,4)5)20-6-8-22(9-7-20)28(37)35-17-25(36)29(38)39/h6-15,25-26,36H,16-17H2,1-5H3,(H,35,37)(H,38,39)/t25-,26?/m0/s1. The van der Waals surface area contributed by atoms with E-state index in [1.165, 1.54) is 12.1 Å². The summed E-state index contributed by atoms with van der Waals surface area (Å²) < 4.78 is 45.4. The Hall–Kier alpha value is -3.85. The van der Waals surface area contributed by atoms with Gasteiger partial charge in [-0.05, 0) is 89.9 Å². The first-order valence-corrected chi connectivity index (χ1v) is 12.8. The van der Waals surface area contributed by atoms with E-state index in [-0.39, 0.29) is 11.5 Å². The number of carbonyl (C=O) groups excluding carboxylic acids is 1. The van der Waals surface area contributed by atoms with Crippen LogP contribution in [0.4, 0.5) is 13.2 Å². The first-order chi connectivity index (χ1) is 18.5. The Balaban J connectivity index is 1.84. The van der Waals surface area contributed by atoms with Crippen LogP contribution in [0.5, 0.6) is 5.75 Å². The Morgan fingerprint density at radius 1 is 0.925 bits per heavy atom. The first kappa shape index (κ1) is 30.7. The molecular formula is C31H34F3NO5. The first-order valence-electron chi connectivity index (χ1n) is 12.8. The molecule has 6 nitrogen and oxygen atoms in total. The smallest absolute Gasteiger partial charge is 0.416 e. The molecule has 0 aliphatic heterocycles. The molecule has 0 aliphatic rings. The van der Waals surface area contributed by atoms with Gasteiger partial charge in [-0.3, -0.25) is 4.79 Å². The van der Waals surface area contributed by atoms with E-state index in [2.05, 4.69) is 26.1 Å². The van der Waals surface area contributed by atoms with E-state index in [4.69, 9.17) is 9.84 Å². The molecule has 0 fully saturated rings. The van der Waals surface area contributed by atoms with Crippen LogP contribution in [-0.2, 0) is 11.0 Å². The predicted octanol–water partition coefficient (Wildman–Crippen LogP) is 6.72. The highest BCUT2D eigenvalue weighted by Gasteiger charge is 2.30. The number of ether oxygens (including phenoxy) is 1. The van der Waals surface area contributed by atoms with Gasteiger partial charge in [0, 0.05) is 5.56 Å². The molecule has 9 heteroatoms. The highest BCUT2D eigenvalue weighted by atomic mass is 19.4.